The second kappa shape index (κ2) is 4.42. The summed E-state index contributed by atoms with van der Waals surface area (Å²) in [6, 6.07) is 5.80. The molecule has 0 fully saturated rings. The summed E-state index contributed by atoms with van der Waals surface area (Å²) in [6.07, 6.45) is 1.77. The summed E-state index contributed by atoms with van der Waals surface area (Å²) in [4.78, 5) is 6.30. The molecule has 0 aliphatic heterocycles. The van der Waals surface area contributed by atoms with Gasteiger partial charge in [0.2, 0.25) is 0 Å². The largest absolute Gasteiger partial charge is 0.389 e. The van der Waals surface area contributed by atoms with Crippen LogP contribution >= 0.6 is 0 Å². The molecular weight excluding hydrogens is 176 g/mol. The van der Waals surface area contributed by atoms with Gasteiger partial charge < -0.3 is 10.0 Å². The van der Waals surface area contributed by atoms with Gasteiger partial charge in [-0.25, -0.2) is 4.98 Å². The Morgan fingerprint density at radius 2 is 2.14 bits per heavy atom. The Balaban J connectivity index is 2.73. The molecule has 0 radical (unpaired) electrons. The molecular formula is C11H18N2O. The van der Waals surface area contributed by atoms with Crippen molar-refractivity contribution in [2.24, 2.45) is 0 Å². The fourth-order valence-corrected chi connectivity index (χ4v) is 1.36. The predicted molar refractivity (Wildman–Crippen MR) is 58.4 cm³/mol. The van der Waals surface area contributed by atoms with Gasteiger partial charge in [0.15, 0.2) is 0 Å². The zero-order valence-corrected chi connectivity index (χ0v) is 9.07. The summed E-state index contributed by atoms with van der Waals surface area (Å²) in [5.74, 6) is 0.914. The number of aromatic nitrogens is 1. The summed E-state index contributed by atoms with van der Waals surface area (Å²) >= 11 is 0. The van der Waals surface area contributed by atoms with Crippen molar-refractivity contribution in [1.29, 1.82) is 0 Å². The zero-order valence-electron chi connectivity index (χ0n) is 9.07. The second-order valence-electron chi connectivity index (χ2n) is 4.01. The second-order valence-corrected chi connectivity index (χ2v) is 4.01. The van der Waals surface area contributed by atoms with E-state index in [9.17, 15) is 5.11 Å². The van der Waals surface area contributed by atoms with Gasteiger partial charge in [0, 0.05) is 19.3 Å². The maximum absolute atomic E-state index is 9.71. The molecule has 1 rings (SSSR count). The molecule has 0 bridgehead atoms. The van der Waals surface area contributed by atoms with Gasteiger partial charge in [0.05, 0.1) is 5.60 Å². The van der Waals surface area contributed by atoms with Crippen LogP contribution in [0, 0.1) is 0 Å². The fourth-order valence-electron chi connectivity index (χ4n) is 1.36. The molecule has 3 nitrogen and oxygen atoms in total. The summed E-state index contributed by atoms with van der Waals surface area (Å²) in [5.41, 5.74) is -0.687. The van der Waals surface area contributed by atoms with Crippen LogP contribution < -0.4 is 4.90 Å². The van der Waals surface area contributed by atoms with Crippen molar-refractivity contribution in [3.63, 3.8) is 0 Å². The van der Waals surface area contributed by atoms with Gasteiger partial charge in [-0.05, 0) is 32.9 Å². The van der Waals surface area contributed by atoms with Crippen molar-refractivity contribution in [1.82, 2.24) is 4.98 Å². The Hall–Kier alpha value is -1.09. The van der Waals surface area contributed by atoms with Gasteiger partial charge in [-0.15, -0.1) is 0 Å². The molecule has 0 aliphatic carbocycles. The third-order valence-corrected chi connectivity index (χ3v) is 1.93. The first-order valence-corrected chi connectivity index (χ1v) is 4.91. The lowest BCUT2D eigenvalue weighted by Crippen LogP contribution is -2.38. The average Bonchev–Trinajstić information content (AvgIpc) is 2.14. The van der Waals surface area contributed by atoms with Crippen molar-refractivity contribution >= 4 is 5.82 Å². The lowest BCUT2D eigenvalue weighted by atomic mass is 10.1. The number of nitrogens with zero attached hydrogens (tertiary/aromatic N) is 2. The fraction of sp³-hybridized carbons (Fsp3) is 0.545. The molecule has 0 aliphatic rings. The van der Waals surface area contributed by atoms with E-state index in [2.05, 4.69) is 16.8 Å². The van der Waals surface area contributed by atoms with Crippen molar-refractivity contribution in [2.45, 2.75) is 26.4 Å². The number of hydrogen-bond donors (Lipinski definition) is 1. The molecule has 1 aromatic rings. The van der Waals surface area contributed by atoms with Gasteiger partial charge in [0.25, 0.3) is 0 Å². The lowest BCUT2D eigenvalue weighted by molar-refractivity contribution is 0.0874. The molecule has 1 N–H and O–H groups in total. The van der Waals surface area contributed by atoms with Crippen LogP contribution in [-0.4, -0.2) is 28.8 Å². The van der Waals surface area contributed by atoms with Crippen LogP contribution in [0.15, 0.2) is 24.4 Å². The Morgan fingerprint density at radius 3 is 2.57 bits per heavy atom. The summed E-state index contributed by atoms with van der Waals surface area (Å²) in [7, 11) is 0. The van der Waals surface area contributed by atoms with Crippen LogP contribution in [0.2, 0.25) is 0 Å². The first-order valence-electron chi connectivity index (χ1n) is 4.91. The van der Waals surface area contributed by atoms with Crippen LogP contribution in [0.1, 0.15) is 20.8 Å². The summed E-state index contributed by atoms with van der Waals surface area (Å²) < 4.78 is 0. The van der Waals surface area contributed by atoms with Gasteiger partial charge in [-0.2, -0.15) is 0 Å². The molecule has 1 aromatic heterocycles. The van der Waals surface area contributed by atoms with E-state index in [1.807, 2.05) is 18.2 Å². The van der Waals surface area contributed by atoms with E-state index in [1.54, 1.807) is 20.0 Å². The molecule has 0 saturated carbocycles. The molecule has 0 spiro atoms. The molecule has 0 saturated heterocycles. The van der Waals surface area contributed by atoms with E-state index < -0.39 is 5.60 Å². The zero-order chi connectivity index (χ0) is 10.6. The van der Waals surface area contributed by atoms with E-state index >= 15 is 0 Å². The van der Waals surface area contributed by atoms with Crippen LogP contribution in [0.3, 0.4) is 0 Å². The van der Waals surface area contributed by atoms with Crippen molar-refractivity contribution in [2.75, 3.05) is 18.0 Å². The normalized spacial score (nSPS) is 11.4. The van der Waals surface area contributed by atoms with Crippen molar-refractivity contribution in [3.05, 3.63) is 24.4 Å². The van der Waals surface area contributed by atoms with E-state index in [1.165, 1.54) is 0 Å². The first-order chi connectivity index (χ1) is 6.53. The summed E-state index contributed by atoms with van der Waals surface area (Å²) in [5, 5.41) is 9.71. The monoisotopic (exact) mass is 194 g/mol. The maximum Gasteiger partial charge on any atom is 0.128 e. The van der Waals surface area contributed by atoms with Crippen LogP contribution in [0.25, 0.3) is 0 Å². The topological polar surface area (TPSA) is 36.4 Å². The van der Waals surface area contributed by atoms with Crippen molar-refractivity contribution in [3.8, 4) is 0 Å². The molecule has 0 atom stereocenters. The minimum Gasteiger partial charge on any atom is -0.389 e. The highest BCUT2D eigenvalue weighted by molar-refractivity contribution is 5.37. The van der Waals surface area contributed by atoms with E-state index in [4.69, 9.17) is 0 Å². The van der Waals surface area contributed by atoms with Gasteiger partial charge in [0.1, 0.15) is 5.82 Å². The highest BCUT2D eigenvalue weighted by Gasteiger charge is 2.17. The SMILES string of the molecule is CCN(CC(C)(C)O)c1ccccn1. The molecule has 3 heteroatoms. The van der Waals surface area contributed by atoms with Crippen molar-refractivity contribution < 1.29 is 5.11 Å². The number of likely N-dealkylation sites (N-methyl/N-ethyl adjacent to an activating group) is 1. The number of hydrogen-bond acceptors (Lipinski definition) is 3. The average molecular weight is 194 g/mol. The number of aliphatic hydroxyl groups is 1. The summed E-state index contributed by atoms with van der Waals surface area (Å²) in [6.45, 7) is 7.11. The smallest absolute Gasteiger partial charge is 0.128 e. The van der Waals surface area contributed by atoms with E-state index in [0.717, 1.165) is 12.4 Å². The standard InChI is InChI=1S/C11H18N2O/c1-4-13(9-11(2,3)14)10-7-5-6-8-12-10/h5-8,14H,4,9H2,1-3H3. The van der Waals surface area contributed by atoms with Crippen LogP contribution in [-0.2, 0) is 0 Å². The predicted octanol–water partition coefficient (Wildman–Crippen LogP) is 1.68. The first kappa shape index (κ1) is 11.0. The Labute approximate surface area is 85.4 Å². The minimum absolute atomic E-state index is 0.598. The number of rotatable bonds is 4. The maximum atomic E-state index is 9.71. The van der Waals surface area contributed by atoms with Crippen LogP contribution in [0.5, 0.6) is 0 Å². The molecule has 0 amide bonds. The Bertz CT molecular complexity index is 266. The molecule has 1 heterocycles. The van der Waals surface area contributed by atoms with Gasteiger partial charge >= 0.3 is 0 Å². The number of pyridine rings is 1. The van der Waals surface area contributed by atoms with E-state index in [0.29, 0.717) is 6.54 Å². The lowest BCUT2D eigenvalue weighted by Gasteiger charge is -2.28. The third-order valence-electron chi connectivity index (χ3n) is 1.93. The highest BCUT2D eigenvalue weighted by atomic mass is 16.3. The highest BCUT2D eigenvalue weighted by Crippen LogP contribution is 2.13. The number of anilines is 1. The molecule has 0 aromatic carbocycles. The molecule has 78 valence electrons. The van der Waals surface area contributed by atoms with Gasteiger partial charge in [-0.1, -0.05) is 6.07 Å². The Kier molecular flexibility index (Phi) is 3.47. The minimum atomic E-state index is -0.687. The third kappa shape index (κ3) is 3.34. The molecule has 14 heavy (non-hydrogen) atoms. The molecule has 0 unspecified atom stereocenters. The quantitative estimate of drug-likeness (QED) is 0.792. The Morgan fingerprint density at radius 1 is 1.43 bits per heavy atom. The van der Waals surface area contributed by atoms with Gasteiger partial charge in [-0.3, -0.25) is 0 Å². The van der Waals surface area contributed by atoms with Crippen LogP contribution in [0.4, 0.5) is 5.82 Å². The van der Waals surface area contributed by atoms with E-state index in [-0.39, 0.29) is 0 Å².